The molecule has 1 aromatic heterocycles. The van der Waals surface area contributed by atoms with Crippen molar-refractivity contribution in [2.45, 2.75) is 17.5 Å². The molecular weight excluding hydrogens is 324 g/mol. The highest BCUT2D eigenvalue weighted by Gasteiger charge is 2.16. The third kappa shape index (κ3) is 3.90. The van der Waals surface area contributed by atoms with Gasteiger partial charge in [-0.3, -0.25) is 0 Å². The largest absolute Gasteiger partial charge is 0.364 e. The van der Waals surface area contributed by atoms with E-state index in [1.807, 2.05) is 36.4 Å². The Morgan fingerprint density at radius 1 is 1.04 bits per heavy atom. The van der Waals surface area contributed by atoms with Crippen LogP contribution in [0.4, 0.5) is 0 Å². The van der Waals surface area contributed by atoms with E-state index in [2.05, 4.69) is 10.5 Å². The zero-order chi connectivity index (χ0) is 17.0. The highest BCUT2D eigenvalue weighted by molar-refractivity contribution is 7.90. The number of benzene rings is 2. The summed E-state index contributed by atoms with van der Waals surface area (Å²) in [5.41, 5.74) is 2.72. The highest BCUT2D eigenvalue weighted by atomic mass is 32.2. The summed E-state index contributed by atoms with van der Waals surface area (Å²) in [5, 5.41) is 7.32. The van der Waals surface area contributed by atoms with E-state index in [0.29, 0.717) is 11.4 Å². The molecule has 0 aliphatic carbocycles. The maximum absolute atomic E-state index is 11.8. The van der Waals surface area contributed by atoms with Gasteiger partial charge >= 0.3 is 0 Å². The fourth-order valence-electron chi connectivity index (χ4n) is 2.53. The summed E-state index contributed by atoms with van der Waals surface area (Å²) < 4.78 is 28.5. The molecule has 0 fully saturated rings. The van der Waals surface area contributed by atoms with Gasteiger partial charge in [0.2, 0.25) is 0 Å². The van der Waals surface area contributed by atoms with Crippen LogP contribution in [-0.2, 0) is 16.4 Å². The molecule has 0 spiro atoms. The molecule has 0 bridgehead atoms. The van der Waals surface area contributed by atoms with Crippen LogP contribution in [-0.4, -0.2) is 19.8 Å². The van der Waals surface area contributed by atoms with Gasteiger partial charge in [-0.25, -0.2) is 8.42 Å². The Morgan fingerprint density at radius 2 is 1.79 bits per heavy atom. The van der Waals surface area contributed by atoms with Crippen LogP contribution in [0.3, 0.4) is 0 Å². The van der Waals surface area contributed by atoms with Gasteiger partial charge in [-0.05, 0) is 23.3 Å². The van der Waals surface area contributed by atoms with Gasteiger partial charge < -0.3 is 9.84 Å². The Kier molecular flexibility index (Phi) is 4.78. The number of hydrogen-bond acceptors (Lipinski definition) is 5. The first kappa shape index (κ1) is 16.4. The van der Waals surface area contributed by atoms with Crippen LogP contribution in [0.1, 0.15) is 22.9 Å². The lowest BCUT2D eigenvalue weighted by Gasteiger charge is -2.20. The molecule has 0 unspecified atom stereocenters. The zero-order valence-electron chi connectivity index (χ0n) is 13.2. The standard InChI is InChI=1S/C18H18N2O3S/c1-24(21,22)17-9-5-8-15(12-17)18(14-6-3-2-4-7-14)19-13-16-10-11-23-20-16/h2-12,18-19H,13H2,1H3/t18-/m1/s1. The molecule has 0 aliphatic heterocycles. The summed E-state index contributed by atoms with van der Waals surface area (Å²) in [7, 11) is -3.25. The lowest BCUT2D eigenvalue weighted by Crippen LogP contribution is -2.22. The molecular formula is C18H18N2O3S. The minimum Gasteiger partial charge on any atom is -0.364 e. The van der Waals surface area contributed by atoms with Gasteiger partial charge in [-0.1, -0.05) is 47.6 Å². The second kappa shape index (κ2) is 6.98. The molecule has 1 N–H and O–H groups in total. The van der Waals surface area contributed by atoms with Gasteiger partial charge in [0.25, 0.3) is 0 Å². The molecule has 1 atom stereocenters. The third-order valence-corrected chi connectivity index (χ3v) is 4.84. The number of nitrogens with one attached hydrogen (secondary N) is 1. The quantitative estimate of drug-likeness (QED) is 0.746. The van der Waals surface area contributed by atoms with Gasteiger partial charge in [0.15, 0.2) is 9.84 Å². The Labute approximate surface area is 141 Å². The normalized spacial score (nSPS) is 12.9. The summed E-state index contributed by atoms with van der Waals surface area (Å²) in [6, 6.07) is 18.5. The van der Waals surface area contributed by atoms with Gasteiger partial charge in [0.05, 0.1) is 16.6 Å². The second-order valence-electron chi connectivity index (χ2n) is 5.56. The summed E-state index contributed by atoms with van der Waals surface area (Å²) in [6.45, 7) is 0.513. The van der Waals surface area contributed by atoms with Crippen molar-refractivity contribution in [1.29, 1.82) is 0 Å². The molecule has 3 aromatic rings. The fraction of sp³-hybridized carbons (Fsp3) is 0.167. The van der Waals surface area contributed by atoms with Crippen LogP contribution < -0.4 is 5.32 Å². The Bertz CT molecular complexity index is 891. The third-order valence-electron chi connectivity index (χ3n) is 3.73. The van der Waals surface area contributed by atoms with Crippen molar-refractivity contribution in [2.24, 2.45) is 0 Å². The Morgan fingerprint density at radius 3 is 2.46 bits per heavy atom. The molecule has 6 heteroatoms. The summed E-state index contributed by atoms with van der Waals surface area (Å²) in [5.74, 6) is 0. The number of rotatable bonds is 6. The van der Waals surface area contributed by atoms with E-state index < -0.39 is 9.84 Å². The van der Waals surface area contributed by atoms with Gasteiger partial charge in [-0.15, -0.1) is 0 Å². The Balaban J connectivity index is 1.95. The van der Waals surface area contributed by atoms with Crippen molar-refractivity contribution in [3.05, 3.63) is 83.7 Å². The molecule has 2 aromatic carbocycles. The second-order valence-corrected chi connectivity index (χ2v) is 7.58. The van der Waals surface area contributed by atoms with Crippen molar-refractivity contribution >= 4 is 9.84 Å². The monoisotopic (exact) mass is 342 g/mol. The number of sulfone groups is 1. The van der Waals surface area contributed by atoms with E-state index >= 15 is 0 Å². The van der Waals surface area contributed by atoms with Crippen LogP contribution in [0.25, 0.3) is 0 Å². The molecule has 0 amide bonds. The highest BCUT2D eigenvalue weighted by Crippen LogP contribution is 2.24. The first-order valence-electron chi connectivity index (χ1n) is 7.51. The van der Waals surface area contributed by atoms with Crippen molar-refractivity contribution in [2.75, 3.05) is 6.26 Å². The lowest BCUT2D eigenvalue weighted by atomic mass is 9.98. The molecule has 3 rings (SSSR count). The molecule has 0 aliphatic rings. The smallest absolute Gasteiger partial charge is 0.175 e. The topological polar surface area (TPSA) is 72.2 Å². The average Bonchev–Trinajstić information content (AvgIpc) is 3.09. The number of hydrogen-bond donors (Lipinski definition) is 1. The van der Waals surface area contributed by atoms with Crippen LogP contribution in [0.2, 0.25) is 0 Å². The Hall–Kier alpha value is -2.44. The molecule has 5 nitrogen and oxygen atoms in total. The van der Waals surface area contributed by atoms with Gasteiger partial charge in [0, 0.05) is 18.9 Å². The van der Waals surface area contributed by atoms with Crippen LogP contribution >= 0.6 is 0 Å². The maximum Gasteiger partial charge on any atom is 0.175 e. The van der Waals surface area contributed by atoms with E-state index in [1.165, 1.54) is 12.5 Å². The first-order chi connectivity index (χ1) is 11.5. The summed E-state index contributed by atoms with van der Waals surface area (Å²) in [4.78, 5) is 0.309. The number of aromatic nitrogens is 1. The van der Waals surface area contributed by atoms with Crippen LogP contribution in [0.5, 0.6) is 0 Å². The first-order valence-corrected chi connectivity index (χ1v) is 9.41. The molecule has 124 valence electrons. The van der Waals surface area contributed by atoms with E-state index in [9.17, 15) is 8.42 Å². The van der Waals surface area contributed by atoms with Crippen molar-refractivity contribution in [3.63, 3.8) is 0 Å². The van der Waals surface area contributed by atoms with E-state index in [0.717, 1.165) is 16.8 Å². The average molecular weight is 342 g/mol. The molecule has 0 saturated carbocycles. The van der Waals surface area contributed by atoms with E-state index in [-0.39, 0.29) is 6.04 Å². The molecule has 24 heavy (non-hydrogen) atoms. The van der Waals surface area contributed by atoms with Crippen molar-refractivity contribution < 1.29 is 12.9 Å². The molecule has 0 saturated heterocycles. The number of nitrogens with zero attached hydrogens (tertiary/aromatic N) is 1. The van der Waals surface area contributed by atoms with Crippen LogP contribution in [0.15, 0.2) is 76.3 Å². The zero-order valence-corrected chi connectivity index (χ0v) is 14.0. The van der Waals surface area contributed by atoms with E-state index in [4.69, 9.17) is 4.52 Å². The van der Waals surface area contributed by atoms with Crippen LogP contribution in [0, 0.1) is 0 Å². The lowest BCUT2D eigenvalue weighted by molar-refractivity contribution is 0.407. The van der Waals surface area contributed by atoms with Gasteiger partial charge in [0.1, 0.15) is 6.26 Å². The fourth-order valence-corrected chi connectivity index (χ4v) is 3.21. The predicted molar refractivity (Wildman–Crippen MR) is 91.2 cm³/mol. The maximum atomic E-state index is 11.8. The minimum absolute atomic E-state index is 0.149. The molecule has 1 heterocycles. The SMILES string of the molecule is CS(=O)(=O)c1cccc([C@H](NCc2ccon2)c2ccccc2)c1. The van der Waals surface area contributed by atoms with Crippen molar-refractivity contribution in [1.82, 2.24) is 10.5 Å². The predicted octanol–water partition coefficient (Wildman–Crippen LogP) is 2.96. The van der Waals surface area contributed by atoms with E-state index in [1.54, 1.807) is 24.3 Å². The summed E-state index contributed by atoms with van der Waals surface area (Å²) in [6.07, 6.45) is 2.74. The van der Waals surface area contributed by atoms with Gasteiger partial charge in [-0.2, -0.15) is 0 Å². The van der Waals surface area contributed by atoms with Crippen molar-refractivity contribution in [3.8, 4) is 0 Å². The summed E-state index contributed by atoms with van der Waals surface area (Å²) >= 11 is 0. The molecule has 0 radical (unpaired) electrons. The minimum atomic E-state index is -3.25.